The molecule has 0 radical (unpaired) electrons. The Morgan fingerprint density at radius 3 is 2.54 bits per heavy atom. The molecular weight excluding hydrogens is 556 g/mol. The molecule has 0 atom stereocenters. The summed E-state index contributed by atoms with van der Waals surface area (Å²) in [6.07, 6.45) is 1.84. The van der Waals surface area contributed by atoms with E-state index in [0.717, 1.165) is 32.4 Å². The van der Waals surface area contributed by atoms with E-state index in [1.54, 1.807) is 11.5 Å². The summed E-state index contributed by atoms with van der Waals surface area (Å²) < 4.78 is 25.8. The quantitative estimate of drug-likeness (QED) is 0.216. The predicted molar refractivity (Wildman–Crippen MR) is 149 cm³/mol. The number of fused-ring (bicyclic) bond motifs is 3. The Balaban J connectivity index is 1.23. The molecule has 0 saturated carbocycles. The summed E-state index contributed by atoms with van der Waals surface area (Å²) in [4.78, 5) is 18.3. The van der Waals surface area contributed by atoms with Gasteiger partial charge in [-0.25, -0.2) is 9.38 Å². The van der Waals surface area contributed by atoms with Gasteiger partial charge in [0, 0.05) is 0 Å². The predicted octanol–water partition coefficient (Wildman–Crippen LogP) is 5.01. The lowest BCUT2D eigenvalue weighted by Crippen LogP contribution is -2.22. The van der Waals surface area contributed by atoms with Gasteiger partial charge in [0.2, 0.25) is 0 Å². The molecule has 0 aliphatic rings. The van der Waals surface area contributed by atoms with E-state index >= 15 is 0 Å². The molecule has 190 valence electrons. The first-order valence-electron chi connectivity index (χ1n) is 11.7. The van der Waals surface area contributed by atoms with Crippen LogP contribution in [0.1, 0.15) is 11.1 Å². The number of nitrogens with zero attached hydrogens (tertiary/aromatic N) is 2. The number of halogens is 1. The number of hydrogen-bond acceptors (Lipinski definition) is 7. The van der Waals surface area contributed by atoms with Crippen molar-refractivity contribution < 1.29 is 18.9 Å². The van der Waals surface area contributed by atoms with Crippen molar-refractivity contribution in [2.24, 2.45) is 0 Å². The molecule has 5 rings (SSSR count). The number of aryl methyl sites for hydroxylation is 1. The zero-order valence-corrected chi connectivity index (χ0v) is 22.8. The maximum Gasteiger partial charge on any atom is 0.274 e. The van der Waals surface area contributed by atoms with Crippen molar-refractivity contribution in [2.75, 3.05) is 33.5 Å². The van der Waals surface area contributed by atoms with Crippen LogP contribution in [0.3, 0.4) is 0 Å². The molecule has 7 nitrogen and oxygen atoms in total. The van der Waals surface area contributed by atoms with E-state index in [9.17, 15) is 4.79 Å². The first-order valence-corrected chi connectivity index (χ1v) is 13.3. The van der Waals surface area contributed by atoms with Crippen LogP contribution in [0.15, 0.2) is 69.9 Å². The van der Waals surface area contributed by atoms with Gasteiger partial charge in [-0.05, 0) is 70.4 Å². The zero-order valence-electron chi connectivity index (χ0n) is 20.4. The number of thiazole rings is 1. The Hall–Kier alpha value is -3.40. The minimum atomic E-state index is -0.0901. The van der Waals surface area contributed by atoms with Crippen LogP contribution in [0.25, 0.3) is 22.1 Å². The van der Waals surface area contributed by atoms with E-state index in [4.69, 9.17) is 18.9 Å². The number of para-hydroxylation sites is 3. The van der Waals surface area contributed by atoms with Crippen LogP contribution in [-0.2, 0) is 4.74 Å². The first-order chi connectivity index (χ1) is 18.0. The van der Waals surface area contributed by atoms with Gasteiger partial charge in [0.1, 0.15) is 19.0 Å². The van der Waals surface area contributed by atoms with Crippen molar-refractivity contribution in [1.29, 1.82) is 0 Å². The van der Waals surface area contributed by atoms with Crippen molar-refractivity contribution in [3.63, 3.8) is 0 Å². The van der Waals surface area contributed by atoms with Gasteiger partial charge in [-0.1, -0.05) is 41.7 Å². The van der Waals surface area contributed by atoms with Crippen molar-refractivity contribution in [2.45, 2.75) is 6.92 Å². The van der Waals surface area contributed by atoms with Crippen molar-refractivity contribution in [1.82, 2.24) is 9.38 Å². The van der Waals surface area contributed by atoms with Crippen LogP contribution < -0.4 is 24.3 Å². The lowest BCUT2D eigenvalue weighted by Gasteiger charge is -2.14. The van der Waals surface area contributed by atoms with Gasteiger partial charge in [0.15, 0.2) is 16.5 Å². The number of benzene rings is 3. The third kappa shape index (κ3) is 5.49. The van der Waals surface area contributed by atoms with Crippen LogP contribution in [0.4, 0.5) is 0 Å². The topological polar surface area (TPSA) is 71.3 Å². The summed E-state index contributed by atoms with van der Waals surface area (Å²) in [5.41, 5.74) is 3.44. The number of hydrogen-bond donors (Lipinski definition) is 0. The SMILES string of the molecule is COc1cc(/C=c2\sc3nc4ccccc4n3c2=O)cc(Br)c1OCCOCCOc1ccccc1C. The summed E-state index contributed by atoms with van der Waals surface area (Å²) in [5, 5.41) is 0. The summed E-state index contributed by atoms with van der Waals surface area (Å²) in [6.45, 7) is 3.69. The molecule has 2 heterocycles. The number of rotatable bonds is 10. The van der Waals surface area contributed by atoms with E-state index in [1.165, 1.54) is 11.3 Å². The highest BCUT2D eigenvalue weighted by Crippen LogP contribution is 2.37. The minimum Gasteiger partial charge on any atom is -0.493 e. The summed E-state index contributed by atoms with van der Waals surface area (Å²) >= 11 is 4.94. The minimum absolute atomic E-state index is 0.0901. The Morgan fingerprint density at radius 1 is 0.973 bits per heavy atom. The van der Waals surface area contributed by atoms with Crippen LogP contribution in [-0.4, -0.2) is 42.9 Å². The maximum atomic E-state index is 13.1. The molecule has 0 saturated heterocycles. The largest absolute Gasteiger partial charge is 0.493 e. The molecular formula is C28H25BrN2O5S. The van der Waals surface area contributed by atoms with Gasteiger partial charge in [-0.3, -0.25) is 4.79 Å². The highest BCUT2D eigenvalue weighted by molar-refractivity contribution is 9.10. The first kappa shape index (κ1) is 25.3. The van der Waals surface area contributed by atoms with Crippen LogP contribution in [0.2, 0.25) is 0 Å². The van der Waals surface area contributed by atoms with Gasteiger partial charge >= 0.3 is 0 Å². The third-order valence-electron chi connectivity index (χ3n) is 5.75. The molecule has 0 N–H and O–H groups in total. The maximum absolute atomic E-state index is 13.1. The van der Waals surface area contributed by atoms with Gasteiger partial charge < -0.3 is 18.9 Å². The molecule has 3 aromatic carbocycles. The second-order valence-corrected chi connectivity index (χ2v) is 10.1. The number of ether oxygens (including phenoxy) is 4. The fraction of sp³-hybridized carbons (Fsp3) is 0.214. The molecule has 37 heavy (non-hydrogen) atoms. The van der Waals surface area contributed by atoms with Crippen LogP contribution in [0.5, 0.6) is 17.2 Å². The Labute approximate surface area is 226 Å². The average molecular weight is 581 g/mol. The highest BCUT2D eigenvalue weighted by atomic mass is 79.9. The van der Waals surface area contributed by atoms with Crippen molar-refractivity contribution >= 4 is 49.3 Å². The summed E-state index contributed by atoms with van der Waals surface area (Å²) in [7, 11) is 1.59. The molecule has 5 aromatic rings. The van der Waals surface area contributed by atoms with Gasteiger partial charge in [0.25, 0.3) is 5.56 Å². The lowest BCUT2D eigenvalue weighted by atomic mass is 10.2. The molecule has 0 aliphatic carbocycles. The fourth-order valence-electron chi connectivity index (χ4n) is 3.96. The number of methoxy groups -OCH3 is 1. The molecule has 0 bridgehead atoms. The second-order valence-electron chi connectivity index (χ2n) is 8.24. The van der Waals surface area contributed by atoms with Gasteiger partial charge in [0.05, 0.1) is 40.4 Å². The van der Waals surface area contributed by atoms with Crippen LogP contribution >= 0.6 is 27.3 Å². The Kier molecular flexibility index (Phi) is 7.73. The van der Waals surface area contributed by atoms with Crippen molar-refractivity contribution in [3.8, 4) is 17.2 Å². The molecule has 0 unspecified atom stereocenters. The molecule has 0 aliphatic heterocycles. The average Bonchev–Trinajstić information content (AvgIpc) is 3.41. The standard InChI is InChI=1S/C28H25BrN2O5S/c1-18-7-3-6-10-23(18)35-13-11-34-12-14-36-26-20(29)15-19(16-24(26)33-2)17-25-27(32)31-22-9-5-4-8-21(22)30-28(31)37-25/h3-10,15-17H,11-14H2,1-2H3/b25-17-. The summed E-state index contributed by atoms with van der Waals surface area (Å²) in [6, 6.07) is 19.3. The molecule has 0 spiro atoms. The van der Waals surface area contributed by atoms with Gasteiger partial charge in [-0.15, -0.1) is 0 Å². The van der Waals surface area contributed by atoms with Crippen molar-refractivity contribution in [3.05, 3.63) is 91.1 Å². The smallest absolute Gasteiger partial charge is 0.274 e. The van der Waals surface area contributed by atoms with Crippen LogP contribution in [0, 0.1) is 6.92 Å². The Morgan fingerprint density at radius 2 is 1.73 bits per heavy atom. The molecule has 0 fully saturated rings. The normalized spacial score (nSPS) is 11.9. The van der Waals surface area contributed by atoms with E-state index in [-0.39, 0.29) is 5.56 Å². The second kappa shape index (κ2) is 11.3. The van der Waals surface area contributed by atoms with Gasteiger partial charge in [-0.2, -0.15) is 0 Å². The van der Waals surface area contributed by atoms with E-state index < -0.39 is 0 Å². The number of imidazole rings is 1. The third-order valence-corrected chi connectivity index (χ3v) is 7.31. The number of aromatic nitrogens is 2. The zero-order chi connectivity index (χ0) is 25.8. The highest BCUT2D eigenvalue weighted by Gasteiger charge is 2.13. The van der Waals surface area contributed by atoms with E-state index in [2.05, 4.69) is 20.9 Å². The van der Waals surface area contributed by atoms with E-state index in [1.807, 2.05) is 73.7 Å². The Bertz CT molecular complexity index is 1660. The lowest BCUT2D eigenvalue weighted by molar-refractivity contribution is 0.0754. The molecule has 9 heteroatoms. The van der Waals surface area contributed by atoms with E-state index in [0.29, 0.717) is 47.4 Å². The summed E-state index contributed by atoms with van der Waals surface area (Å²) in [5.74, 6) is 2.00. The molecule has 2 aromatic heterocycles. The molecule has 0 amide bonds. The monoisotopic (exact) mass is 580 g/mol. The fourth-order valence-corrected chi connectivity index (χ4v) is 5.52.